The first-order chi connectivity index (χ1) is 13.4. The number of aromatic nitrogens is 1. The summed E-state index contributed by atoms with van der Waals surface area (Å²) >= 11 is 3.61. The van der Waals surface area contributed by atoms with Gasteiger partial charge < -0.3 is 4.57 Å². The van der Waals surface area contributed by atoms with Gasteiger partial charge in [-0.05, 0) is 73.0 Å². The van der Waals surface area contributed by atoms with E-state index in [1.54, 1.807) is 6.21 Å². The second-order valence-electron chi connectivity index (χ2n) is 7.01. The highest BCUT2D eigenvalue weighted by Crippen LogP contribution is 2.26. The molecule has 144 valence electrons. The Morgan fingerprint density at radius 3 is 2.57 bits per heavy atom. The molecular weight excluding hydrogens is 414 g/mol. The lowest BCUT2D eigenvalue weighted by Gasteiger charge is -2.11. The maximum atomic E-state index is 12.2. The summed E-state index contributed by atoms with van der Waals surface area (Å²) in [5.74, 6) is -0.122. The number of rotatable bonds is 5. The summed E-state index contributed by atoms with van der Waals surface area (Å²) in [6, 6.07) is 16.3. The molecule has 0 atom stereocenters. The number of aryl methyl sites for hydroxylation is 3. The maximum Gasteiger partial charge on any atom is 0.244 e. The zero-order valence-electron chi connectivity index (χ0n) is 16.6. The van der Waals surface area contributed by atoms with E-state index in [-0.39, 0.29) is 5.91 Å². The second-order valence-corrected chi connectivity index (χ2v) is 7.87. The van der Waals surface area contributed by atoms with Gasteiger partial charge in [0.1, 0.15) is 0 Å². The van der Waals surface area contributed by atoms with Crippen LogP contribution in [0.25, 0.3) is 5.69 Å². The van der Waals surface area contributed by atoms with Crippen molar-refractivity contribution in [3.8, 4) is 5.69 Å². The third-order valence-electron chi connectivity index (χ3n) is 4.81. The van der Waals surface area contributed by atoms with Gasteiger partial charge >= 0.3 is 0 Å². The first-order valence-corrected chi connectivity index (χ1v) is 9.98. The van der Waals surface area contributed by atoms with E-state index in [0.717, 1.165) is 38.2 Å². The fourth-order valence-electron chi connectivity index (χ4n) is 3.35. The molecule has 0 saturated heterocycles. The summed E-state index contributed by atoms with van der Waals surface area (Å²) in [6.07, 6.45) is 2.02. The zero-order valence-corrected chi connectivity index (χ0v) is 18.2. The summed E-state index contributed by atoms with van der Waals surface area (Å²) < 4.78 is 3.20. The molecule has 0 saturated carbocycles. The molecule has 1 aromatic heterocycles. The van der Waals surface area contributed by atoms with Gasteiger partial charge in [0.25, 0.3) is 0 Å². The van der Waals surface area contributed by atoms with E-state index in [9.17, 15) is 4.79 Å². The Morgan fingerprint density at radius 2 is 1.86 bits per heavy atom. The summed E-state index contributed by atoms with van der Waals surface area (Å²) in [5, 5.41) is 4.17. The van der Waals surface area contributed by atoms with Crippen LogP contribution in [-0.2, 0) is 11.2 Å². The van der Waals surface area contributed by atoms with Gasteiger partial charge in [-0.2, -0.15) is 5.10 Å². The second kappa shape index (κ2) is 8.57. The Bertz CT molecular complexity index is 1050. The number of amides is 1. The molecule has 0 spiro atoms. The number of hydrogen-bond donors (Lipinski definition) is 1. The number of para-hydroxylation sites is 1. The van der Waals surface area contributed by atoms with Crippen LogP contribution in [0.4, 0.5) is 0 Å². The van der Waals surface area contributed by atoms with Gasteiger partial charge in [-0.3, -0.25) is 4.79 Å². The van der Waals surface area contributed by atoms with Crippen molar-refractivity contribution < 1.29 is 4.79 Å². The highest BCUT2D eigenvalue weighted by Gasteiger charge is 2.11. The van der Waals surface area contributed by atoms with Gasteiger partial charge in [-0.1, -0.05) is 35.9 Å². The SMILES string of the molecule is Cc1ccc(CC(=O)N/N=C\c2cc(C)n(-c3ccccc3Br)c2C)c(C)c1. The van der Waals surface area contributed by atoms with Crippen LogP contribution in [0.1, 0.15) is 33.6 Å². The van der Waals surface area contributed by atoms with Gasteiger partial charge in [0.05, 0.1) is 18.3 Å². The highest BCUT2D eigenvalue weighted by molar-refractivity contribution is 9.10. The van der Waals surface area contributed by atoms with Crippen molar-refractivity contribution in [3.05, 3.63) is 86.6 Å². The number of hydrazone groups is 1. The van der Waals surface area contributed by atoms with E-state index < -0.39 is 0 Å². The van der Waals surface area contributed by atoms with Gasteiger partial charge in [-0.25, -0.2) is 5.43 Å². The lowest BCUT2D eigenvalue weighted by molar-refractivity contribution is -0.120. The standard InChI is InChI=1S/C23H24BrN3O/c1-15-9-10-19(16(2)11-15)13-23(28)26-25-14-20-12-17(3)27(18(20)4)22-8-6-5-7-21(22)24/h5-12,14H,13H2,1-4H3,(H,26,28)/b25-14-. The lowest BCUT2D eigenvalue weighted by Crippen LogP contribution is -2.20. The van der Waals surface area contributed by atoms with E-state index in [2.05, 4.69) is 56.1 Å². The van der Waals surface area contributed by atoms with Gasteiger partial charge in [0.15, 0.2) is 0 Å². The minimum atomic E-state index is -0.122. The molecule has 1 N–H and O–H groups in total. The van der Waals surface area contributed by atoms with Crippen molar-refractivity contribution in [2.75, 3.05) is 0 Å². The van der Waals surface area contributed by atoms with Crippen molar-refractivity contribution in [2.45, 2.75) is 34.1 Å². The predicted octanol–water partition coefficient (Wildman–Crippen LogP) is 5.17. The van der Waals surface area contributed by atoms with Crippen molar-refractivity contribution in [1.82, 2.24) is 9.99 Å². The molecule has 1 heterocycles. The minimum Gasteiger partial charge on any atom is -0.317 e. The number of carbonyl (C=O) groups excluding carboxylic acids is 1. The molecule has 5 heteroatoms. The molecule has 28 heavy (non-hydrogen) atoms. The first-order valence-electron chi connectivity index (χ1n) is 9.18. The van der Waals surface area contributed by atoms with E-state index in [1.165, 1.54) is 5.56 Å². The third kappa shape index (κ3) is 4.42. The Hall–Kier alpha value is -2.66. The molecule has 2 aromatic carbocycles. The average Bonchev–Trinajstić information content (AvgIpc) is 2.92. The van der Waals surface area contributed by atoms with Crippen LogP contribution >= 0.6 is 15.9 Å². The summed E-state index contributed by atoms with van der Waals surface area (Å²) in [4.78, 5) is 12.2. The van der Waals surface area contributed by atoms with Crippen LogP contribution in [0.5, 0.6) is 0 Å². The quantitative estimate of drug-likeness (QED) is 0.434. The fraction of sp³-hybridized carbons (Fsp3) is 0.217. The number of halogens is 1. The van der Waals surface area contributed by atoms with Crippen LogP contribution in [-0.4, -0.2) is 16.7 Å². The third-order valence-corrected chi connectivity index (χ3v) is 5.48. The normalized spacial score (nSPS) is 11.2. The van der Waals surface area contributed by atoms with Gasteiger partial charge in [0, 0.05) is 21.4 Å². The summed E-state index contributed by atoms with van der Waals surface area (Å²) in [6.45, 7) is 8.18. The van der Waals surface area contributed by atoms with Crippen molar-refractivity contribution in [3.63, 3.8) is 0 Å². The van der Waals surface area contributed by atoms with E-state index in [1.807, 2.05) is 51.1 Å². The smallest absolute Gasteiger partial charge is 0.244 e. The molecule has 0 aliphatic heterocycles. The van der Waals surface area contributed by atoms with Gasteiger partial charge in [0.2, 0.25) is 5.91 Å². The van der Waals surface area contributed by atoms with Crippen LogP contribution in [0.3, 0.4) is 0 Å². The van der Waals surface area contributed by atoms with Crippen LogP contribution in [0.15, 0.2) is 58.1 Å². The molecule has 0 unspecified atom stereocenters. The number of benzene rings is 2. The largest absolute Gasteiger partial charge is 0.317 e. The Kier molecular flexibility index (Phi) is 6.15. The molecule has 3 aromatic rings. The lowest BCUT2D eigenvalue weighted by atomic mass is 10.0. The maximum absolute atomic E-state index is 12.2. The topological polar surface area (TPSA) is 46.4 Å². The van der Waals surface area contributed by atoms with Crippen LogP contribution in [0.2, 0.25) is 0 Å². The molecule has 0 radical (unpaired) electrons. The molecule has 0 fully saturated rings. The summed E-state index contributed by atoms with van der Waals surface area (Å²) in [7, 11) is 0. The molecule has 0 aliphatic carbocycles. The summed E-state index contributed by atoms with van der Waals surface area (Å²) in [5.41, 5.74) is 10.2. The number of nitrogens with one attached hydrogen (secondary N) is 1. The van der Waals surface area contributed by atoms with Crippen molar-refractivity contribution >= 4 is 28.1 Å². The monoisotopic (exact) mass is 437 g/mol. The first kappa shape index (κ1) is 20.1. The number of carbonyl (C=O) groups is 1. The fourth-order valence-corrected chi connectivity index (χ4v) is 3.81. The average molecular weight is 438 g/mol. The van der Waals surface area contributed by atoms with Gasteiger partial charge in [-0.15, -0.1) is 0 Å². The predicted molar refractivity (Wildman–Crippen MR) is 118 cm³/mol. The van der Waals surface area contributed by atoms with E-state index in [0.29, 0.717) is 6.42 Å². The van der Waals surface area contributed by atoms with Crippen molar-refractivity contribution in [2.24, 2.45) is 5.10 Å². The van der Waals surface area contributed by atoms with Crippen LogP contribution in [0, 0.1) is 27.7 Å². The molecule has 0 bridgehead atoms. The molecule has 0 aliphatic rings. The van der Waals surface area contributed by atoms with Crippen molar-refractivity contribution in [1.29, 1.82) is 0 Å². The Morgan fingerprint density at radius 1 is 1.11 bits per heavy atom. The highest BCUT2D eigenvalue weighted by atomic mass is 79.9. The Balaban J connectivity index is 1.72. The number of nitrogens with zero attached hydrogens (tertiary/aromatic N) is 2. The minimum absolute atomic E-state index is 0.122. The Labute approximate surface area is 174 Å². The molecule has 1 amide bonds. The zero-order chi connectivity index (χ0) is 20.3. The molecule has 3 rings (SSSR count). The van der Waals surface area contributed by atoms with E-state index in [4.69, 9.17) is 0 Å². The number of hydrogen-bond acceptors (Lipinski definition) is 2. The molecular formula is C23H24BrN3O. The van der Waals surface area contributed by atoms with E-state index >= 15 is 0 Å². The molecule has 4 nitrogen and oxygen atoms in total. The van der Waals surface area contributed by atoms with Crippen LogP contribution < -0.4 is 5.43 Å².